The van der Waals surface area contributed by atoms with E-state index in [1.54, 1.807) is 58.0 Å². The fourth-order valence-electron chi connectivity index (χ4n) is 4.23. The quantitative estimate of drug-likeness (QED) is 0.0668. The number of hydrogen-bond acceptors (Lipinski definition) is 10. The summed E-state index contributed by atoms with van der Waals surface area (Å²) >= 11 is 0. The molecular weight excluding hydrogens is 635 g/mol. The predicted octanol–water partition coefficient (Wildman–Crippen LogP) is -1.27. The van der Waals surface area contributed by atoms with E-state index in [2.05, 4.69) is 26.6 Å². The maximum atomic E-state index is 13.7. The summed E-state index contributed by atoms with van der Waals surface area (Å²) in [7, 11) is -3.36. The van der Waals surface area contributed by atoms with Crippen LogP contribution in [0.3, 0.4) is 0 Å². The number of aliphatic hydroxyl groups is 1. The lowest BCUT2D eigenvalue weighted by atomic mass is 10.0. The standard InChI is InChI=1S/C30H49N6O10P/c1-16(2)24(29(42)36-25(17(3)4)30(43)46-7)34-22(38)15-47(44,45)23(13-20-11-9-8-10-12-20)35-27(40)19(6)32-26(39)18(5)33-28(41)21(31)14-37/h8-12,16-19,21,23-25,37H,13-15,31H2,1-7H3,(H,32,39)(H,33,41)(H,34,38)(H,35,40)(H,36,42)(H,44,45)/t18-,19-,21-,23?,24-,25-/m0/s1. The minimum atomic E-state index is -4.54. The fourth-order valence-corrected chi connectivity index (χ4v) is 5.78. The first kappa shape index (κ1) is 41.2. The molecule has 0 fully saturated rings. The van der Waals surface area contributed by atoms with Crippen LogP contribution < -0.4 is 32.3 Å². The molecule has 264 valence electrons. The summed E-state index contributed by atoms with van der Waals surface area (Å²) in [4.78, 5) is 87.0. The van der Waals surface area contributed by atoms with Crippen LogP contribution in [0.4, 0.5) is 0 Å². The number of nitrogens with one attached hydrogen (secondary N) is 5. The van der Waals surface area contributed by atoms with Crippen molar-refractivity contribution < 1.29 is 48.1 Å². The molecule has 1 aromatic carbocycles. The van der Waals surface area contributed by atoms with Gasteiger partial charge in [0.25, 0.3) is 0 Å². The first-order chi connectivity index (χ1) is 21.8. The van der Waals surface area contributed by atoms with Gasteiger partial charge in [-0.1, -0.05) is 58.0 Å². The maximum Gasteiger partial charge on any atom is 0.328 e. The molecule has 16 nitrogen and oxygen atoms in total. The number of methoxy groups -OCH3 is 1. The molecule has 0 bridgehead atoms. The molecule has 1 aromatic rings. The summed E-state index contributed by atoms with van der Waals surface area (Å²) in [5, 5.41) is 21.2. The van der Waals surface area contributed by atoms with E-state index in [1.165, 1.54) is 21.0 Å². The van der Waals surface area contributed by atoms with Gasteiger partial charge in [-0.15, -0.1) is 0 Å². The normalized spacial score (nSPS) is 16.3. The lowest BCUT2D eigenvalue weighted by Gasteiger charge is -2.28. The fraction of sp³-hybridized carbons (Fsp3) is 0.600. The van der Waals surface area contributed by atoms with Gasteiger partial charge in [0.05, 0.1) is 13.7 Å². The van der Waals surface area contributed by atoms with Crippen LogP contribution in [-0.2, 0) is 44.5 Å². The SMILES string of the molecule is COC(=O)[C@@H](NC(=O)[C@@H](NC(=O)CP(=O)(O)C(Cc1ccccc1)NC(=O)[C@H](C)NC(=O)[C@H](C)NC(=O)[C@@H](N)CO)C(C)C)C(C)C. The molecule has 5 amide bonds. The van der Waals surface area contributed by atoms with Gasteiger partial charge in [0.1, 0.15) is 42.2 Å². The van der Waals surface area contributed by atoms with Crippen LogP contribution in [0.2, 0.25) is 0 Å². The Balaban J connectivity index is 3.11. The Kier molecular flexibility index (Phi) is 16.7. The summed E-state index contributed by atoms with van der Waals surface area (Å²) in [6, 6.07) is 2.67. The van der Waals surface area contributed by atoms with Gasteiger partial charge in [0.2, 0.25) is 36.9 Å². The minimum absolute atomic E-state index is 0.150. The Morgan fingerprint density at radius 2 is 1.28 bits per heavy atom. The summed E-state index contributed by atoms with van der Waals surface area (Å²) in [5.41, 5.74) is 6.01. The van der Waals surface area contributed by atoms with Crippen molar-refractivity contribution in [1.29, 1.82) is 0 Å². The molecule has 2 unspecified atom stereocenters. The number of benzene rings is 1. The molecule has 0 saturated heterocycles. The molecule has 0 aromatic heterocycles. The average molecular weight is 685 g/mol. The van der Waals surface area contributed by atoms with Gasteiger partial charge in [-0.25, -0.2) is 4.79 Å². The molecule has 9 N–H and O–H groups in total. The van der Waals surface area contributed by atoms with Crippen molar-refractivity contribution in [2.75, 3.05) is 19.9 Å². The Morgan fingerprint density at radius 1 is 0.766 bits per heavy atom. The number of rotatable bonds is 18. The van der Waals surface area contributed by atoms with Crippen molar-refractivity contribution in [1.82, 2.24) is 26.6 Å². The third kappa shape index (κ3) is 13.4. The van der Waals surface area contributed by atoms with Crippen LogP contribution in [0, 0.1) is 11.8 Å². The number of ether oxygens (including phenoxy) is 1. The molecule has 1 rings (SSSR count). The third-order valence-corrected chi connectivity index (χ3v) is 9.19. The highest BCUT2D eigenvalue weighted by molar-refractivity contribution is 7.59. The first-order valence-corrected chi connectivity index (χ1v) is 17.1. The molecule has 0 spiro atoms. The van der Waals surface area contributed by atoms with Crippen LogP contribution in [0.5, 0.6) is 0 Å². The summed E-state index contributed by atoms with van der Waals surface area (Å²) in [6.45, 7) is 8.71. The van der Waals surface area contributed by atoms with E-state index in [0.717, 1.165) is 0 Å². The largest absolute Gasteiger partial charge is 0.467 e. The summed E-state index contributed by atoms with van der Waals surface area (Å²) < 4.78 is 18.4. The second-order valence-corrected chi connectivity index (χ2v) is 14.4. The Bertz CT molecular complexity index is 1290. The van der Waals surface area contributed by atoms with Crippen molar-refractivity contribution in [2.45, 2.75) is 84.0 Å². The second kappa shape index (κ2) is 19.1. The van der Waals surface area contributed by atoms with E-state index < -0.39 is 97.6 Å². The highest BCUT2D eigenvalue weighted by atomic mass is 31.2. The molecule has 0 saturated carbocycles. The van der Waals surface area contributed by atoms with Crippen molar-refractivity contribution in [3.63, 3.8) is 0 Å². The van der Waals surface area contributed by atoms with Gasteiger partial charge in [-0.3, -0.25) is 28.5 Å². The van der Waals surface area contributed by atoms with Gasteiger partial charge >= 0.3 is 5.97 Å². The van der Waals surface area contributed by atoms with Crippen molar-refractivity contribution in [3.05, 3.63) is 35.9 Å². The van der Waals surface area contributed by atoms with E-state index in [0.29, 0.717) is 5.56 Å². The molecular formula is C30H49N6O10P. The number of amides is 5. The number of carbonyl (C=O) groups excluding carboxylic acids is 6. The Morgan fingerprint density at radius 3 is 1.77 bits per heavy atom. The second-order valence-electron chi connectivity index (χ2n) is 11.9. The van der Waals surface area contributed by atoms with E-state index in [-0.39, 0.29) is 12.3 Å². The van der Waals surface area contributed by atoms with E-state index in [4.69, 9.17) is 15.6 Å². The molecule has 7 atom stereocenters. The highest BCUT2D eigenvalue weighted by Crippen LogP contribution is 2.46. The molecule has 17 heteroatoms. The van der Waals surface area contributed by atoms with Crippen LogP contribution in [0.15, 0.2) is 30.3 Å². The third-order valence-electron chi connectivity index (χ3n) is 7.16. The van der Waals surface area contributed by atoms with Gasteiger partial charge in [-0.2, -0.15) is 0 Å². The zero-order valence-electron chi connectivity index (χ0n) is 27.8. The van der Waals surface area contributed by atoms with Gasteiger partial charge in [-0.05, 0) is 31.2 Å². The monoisotopic (exact) mass is 684 g/mol. The van der Waals surface area contributed by atoms with Crippen LogP contribution >= 0.6 is 7.37 Å². The summed E-state index contributed by atoms with van der Waals surface area (Å²) in [5.74, 6) is -6.96. The number of carbonyl (C=O) groups is 6. The molecule has 0 heterocycles. The Labute approximate surface area is 274 Å². The Hall–Kier alpha value is -3.85. The van der Waals surface area contributed by atoms with E-state index in [9.17, 15) is 38.2 Å². The van der Waals surface area contributed by atoms with E-state index in [1.807, 2.05) is 0 Å². The number of nitrogens with two attached hydrogens (primary N) is 1. The lowest BCUT2D eigenvalue weighted by Crippen LogP contribution is -2.56. The number of esters is 1. The van der Waals surface area contributed by atoms with Crippen molar-refractivity contribution in [3.8, 4) is 0 Å². The smallest absolute Gasteiger partial charge is 0.328 e. The molecule has 0 radical (unpaired) electrons. The van der Waals surface area contributed by atoms with Crippen LogP contribution in [-0.4, -0.2) is 101 Å². The lowest BCUT2D eigenvalue weighted by molar-refractivity contribution is -0.146. The first-order valence-electron chi connectivity index (χ1n) is 15.1. The minimum Gasteiger partial charge on any atom is -0.467 e. The predicted molar refractivity (Wildman–Crippen MR) is 173 cm³/mol. The molecule has 0 aliphatic rings. The molecule has 0 aliphatic heterocycles. The zero-order chi connectivity index (χ0) is 36.1. The maximum absolute atomic E-state index is 13.7. The van der Waals surface area contributed by atoms with E-state index >= 15 is 0 Å². The van der Waals surface area contributed by atoms with Crippen LogP contribution in [0.1, 0.15) is 47.1 Å². The van der Waals surface area contributed by atoms with Gasteiger partial charge < -0.3 is 47.1 Å². The number of hydrogen-bond donors (Lipinski definition) is 8. The molecule has 0 aliphatic carbocycles. The average Bonchev–Trinajstić information content (AvgIpc) is 3.00. The van der Waals surface area contributed by atoms with Gasteiger partial charge in [0, 0.05) is 6.42 Å². The zero-order valence-corrected chi connectivity index (χ0v) is 28.7. The highest BCUT2D eigenvalue weighted by Gasteiger charge is 2.38. The number of aliphatic hydroxyl groups excluding tert-OH is 1. The van der Waals surface area contributed by atoms with Gasteiger partial charge in [0.15, 0.2) is 0 Å². The molecule has 47 heavy (non-hydrogen) atoms. The summed E-state index contributed by atoms with van der Waals surface area (Å²) in [6.07, 6.45) is -1.11. The van der Waals surface area contributed by atoms with Crippen molar-refractivity contribution >= 4 is 42.9 Å². The van der Waals surface area contributed by atoms with Crippen LogP contribution in [0.25, 0.3) is 0 Å². The topological polar surface area (TPSA) is 255 Å². The van der Waals surface area contributed by atoms with Crippen molar-refractivity contribution in [2.24, 2.45) is 17.6 Å².